The van der Waals surface area contributed by atoms with E-state index in [4.69, 9.17) is 4.74 Å². The van der Waals surface area contributed by atoms with E-state index in [9.17, 15) is 19.5 Å². The van der Waals surface area contributed by atoms with Crippen molar-refractivity contribution in [3.05, 3.63) is 0 Å². The molecule has 1 heterocycles. The zero-order valence-corrected chi connectivity index (χ0v) is 11.3. The average Bonchev–Trinajstić information content (AvgIpc) is 2.66. The van der Waals surface area contributed by atoms with Gasteiger partial charge in [-0.15, -0.1) is 0 Å². The standard InChI is InChI=1S/C12H20N2O5/c1-13(7-9(15)8-19-2)10(16)5-6-14-11(17)3-4-12(14)18/h9,15H,3-8H2,1-2H3. The number of rotatable bonds is 7. The van der Waals surface area contributed by atoms with Crippen molar-refractivity contribution in [2.45, 2.75) is 25.4 Å². The van der Waals surface area contributed by atoms with E-state index < -0.39 is 6.10 Å². The number of aliphatic hydroxyl groups excluding tert-OH is 1. The predicted molar refractivity (Wildman–Crippen MR) is 66.1 cm³/mol. The van der Waals surface area contributed by atoms with Gasteiger partial charge in [0.25, 0.3) is 0 Å². The number of carbonyl (C=O) groups excluding carboxylic acids is 3. The number of amides is 3. The lowest BCUT2D eigenvalue weighted by atomic mass is 10.3. The molecular formula is C12H20N2O5. The van der Waals surface area contributed by atoms with Crippen molar-refractivity contribution in [1.29, 1.82) is 0 Å². The number of imide groups is 1. The lowest BCUT2D eigenvalue weighted by Crippen LogP contribution is -2.39. The van der Waals surface area contributed by atoms with Gasteiger partial charge >= 0.3 is 0 Å². The molecule has 1 saturated heterocycles. The fourth-order valence-corrected chi connectivity index (χ4v) is 1.93. The second kappa shape index (κ2) is 7.20. The molecule has 1 unspecified atom stereocenters. The number of hydrogen-bond donors (Lipinski definition) is 1. The van der Waals surface area contributed by atoms with Gasteiger partial charge in [0.2, 0.25) is 17.7 Å². The van der Waals surface area contributed by atoms with E-state index in [-0.39, 0.29) is 56.7 Å². The van der Waals surface area contributed by atoms with Gasteiger partial charge in [-0.1, -0.05) is 0 Å². The zero-order valence-electron chi connectivity index (χ0n) is 11.3. The maximum absolute atomic E-state index is 11.8. The van der Waals surface area contributed by atoms with Gasteiger partial charge in [-0.05, 0) is 0 Å². The summed E-state index contributed by atoms with van der Waals surface area (Å²) in [6.07, 6.45) is -0.201. The van der Waals surface area contributed by atoms with Crippen LogP contribution in [-0.4, -0.2) is 72.6 Å². The number of ether oxygens (including phenoxy) is 1. The molecule has 3 amide bonds. The van der Waals surface area contributed by atoms with Crippen molar-refractivity contribution in [1.82, 2.24) is 9.80 Å². The molecule has 0 saturated carbocycles. The maximum atomic E-state index is 11.8. The molecule has 0 spiro atoms. The van der Waals surface area contributed by atoms with Crippen LogP contribution in [0.15, 0.2) is 0 Å². The molecule has 0 bridgehead atoms. The number of nitrogens with zero attached hydrogens (tertiary/aromatic N) is 2. The van der Waals surface area contributed by atoms with Crippen molar-refractivity contribution in [3.8, 4) is 0 Å². The first-order valence-corrected chi connectivity index (χ1v) is 6.20. The van der Waals surface area contributed by atoms with E-state index in [2.05, 4.69) is 0 Å². The van der Waals surface area contributed by atoms with Gasteiger partial charge in [-0.25, -0.2) is 0 Å². The van der Waals surface area contributed by atoms with Crippen molar-refractivity contribution in [3.63, 3.8) is 0 Å². The Bertz CT molecular complexity index is 342. The monoisotopic (exact) mass is 272 g/mol. The number of aliphatic hydroxyl groups is 1. The SMILES string of the molecule is COCC(O)CN(C)C(=O)CCN1C(=O)CCC1=O. The van der Waals surface area contributed by atoms with E-state index in [1.54, 1.807) is 7.05 Å². The minimum absolute atomic E-state index is 0.0771. The van der Waals surface area contributed by atoms with Gasteiger partial charge in [0.15, 0.2) is 0 Å². The Morgan fingerprint density at radius 3 is 2.53 bits per heavy atom. The van der Waals surface area contributed by atoms with Crippen LogP contribution in [0, 0.1) is 0 Å². The summed E-state index contributed by atoms with van der Waals surface area (Å²) in [5.41, 5.74) is 0. The molecule has 0 radical (unpaired) electrons. The molecule has 1 fully saturated rings. The molecule has 19 heavy (non-hydrogen) atoms. The van der Waals surface area contributed by atoms with Crippen LogP contribution in [0.25, 0.3) is 0 Å². The van der Waals surface area contributed by atoms with Gasteiger partial charge in [0.1, 0.15) is 0 Å². The Kier molecular flexibility index (Phi) is 5.91. The molecule has 1 atom stereocenters. The highest BCUT2D eigenvalue weighted by Gasteiger charge is 2.29. The molecule has 1 N–H and O–H groups in total. The third kappa shape index (κ3) is 4.60. The van der Waals surface area contributed by atoms with Crippen LogP contribution in [0.5, 0.6) is 0 Å². The van der Waals surface area contributed by atoms with E-state index in [1.807, 2.05) is 0 Å². The van der Waals surface area contributed by atoms with Crippen molar-refractivity contribution >= 4 is 17.7 Å². The van der Waals surface area contributed by atoms with Gasteiger partial charge in [-0.2, -0.15) is 0 Å². The summed E-state index contributed by atoms with van der Waals surface area (Å²) in [6, 6.07) is 0. The molecular weight excluding hydrogens is 252 g/mol. The average molecular weight is 272 g/mol. The Labute approximate surface area is 112 Å². The summed E-state index contributed by atoms with van der Waals surface area (Å²) >= 11 is 0. The van der Waals surface area contributed by atoms with Crippen LogP contribution in [0.3, 0.4) is 0 Å². The van der Waals surface area contributed by atoms with Crippen molar-refractivity contribution in [2.24, 2.45) is 0 Å². The fraction of sp³-hybridized carbons (Fsp3) is 0.750. The van der Waals surface area contributed by atoms with E-state index in [0.29, 0.717) is 0 Å². The summed E-state index contributed by atoms with van der Waals surface area (Å²) in [5.74, 6) is -0.664. The van der Waals surface area contributed by atoms with Gasteiger partial charge in [-0.3, -0.25) is 19.3 Å². The Morgan fingerprint density at radius 1 is 1.42 bits per heavy atom. The summed E-state index contributed by atoms with van der Waals surface area (Å²) in [7, 11) is 3.03. The smallest absolute Gasteiger partial charge is 0.229 e. The minimum Gasteiger partial charge on any atom is -0.389 e. The largest absolute Gasteiger partial charge is 0.389 e. The molecule has 0 aromatic rings. The van der Waals surface area contributed by atoms with Gasteiger partial charge in [0, 0.05) is 46.5 Å². The van der Waals surface area contributed by atoms with Crippen molar-refractivity contribution in [2.75, 3.05) is 33.9 Å². The molecule has 0 aromatic carbocycles. The first kappa shape index (κ1) is 15.6. The second-order valence-corrected chi connectivity index (χ2v) is 4.57. The highest BCUT2D eigenvalue weighted by molar-refractivity contribution is 6.02. The Balaban J connectivity index is 2.34. The first-order valence-electron chi connectivity index (χ1n) is 6.20. The normalized spacial score (nSPS) is 16.9. The van der Waals surface area contributed by atoms with Crippen LogP contribution in [0.4, 0.5) is 0 Å². The molecule has 7 heteroatoms. The highest BCUT2D eigenvalue weighted by Crippen LogP contribution is 2.12. The summed E-state index contributed by atoms with van der Waals surface area (Å²) in [4.78, 5) is 37.0. The van der Waals surface area contributed by atoms with Crippen LogP contribution >= 0.6 is 0 Å². The number of carbonyl (C=O) groups is 3. The van der Waals surface area contributed by atoms with Crippen LogP contribution in [-0.2, 0) is 19.1 Å². The molecule has 1 rings (SSSR count). The first-order chi connectivity index (χ1) is 8.95. The van der Waals surface area contributed by atoms with Gasteiger partial charge in [0.05, 0.1) is 12.7 Å². The maximum Gasteiger partial charge on any atom is 0.229 e. The number of likely N-dealkylation sites (N-methyl/N-ethyl adjacent to an activating group) is 1. The molecule has 1 aliphatic rings. The summed E-state index contributed by atoms with van der Waals surface area (Å²) in [5, 5.41) is 9.49. The minimum atomic E-state index is -0.742. The van der Waals surface area contributed by atoms with Crippen LogP contribution in [0.2, 0.25) is 0 Å². The van der Waals surface area contributed by atoms with E-state index in [1.165, 1.54) is 12.0 Å². The topological polar surface area (TPSA) is 87.2 Å². The fourth-order valence-electron chi connectivity index (χ4n) is 1.93. The number of hydrogen-bond acceptors (Lipinski definition) is 5. The third-order valence-corrected chi connectivity index (χ3v) is 2.97. The molecule has 0 aromatic heterocycles. The molecule has 0 aliphatic carbocycles. The Hall–Kier alpha value is -1.47. The molecule has 7 nitrogen and oxygen atoms in total. The summed E-state index contributed by atoms with van der Waals surface area (Å²) < 4.78 is 4.77. The zero-order chi connectivity index (χ0) is 14.4. The van der Waals surface area contributed by atoms with E-state index in [0.717, 1.165) is 4.90 Å². The lowest BCUT2D eigenvalue weighted by molar-refractivity contribution is -0.139. The quantitative estimate of drug-likeness (QED) is 0.600. The van der Waals surface area contributed by atoms with E-state index >= 15 is 0 Å². The van der Waals surface area contributed by atoms with Crippen LogP contribution in [0.1, 0.15) is 19.3 Å². The summed E-state index contributed by atoms with van der Waals surface area (Å²) in [6.45, 7) is 0.427. The lowest BCUT2D eigenvalue weighted by Gasteiger charge is -2.21. The van der Waals surface area contributed by atoms with Gasteiger partial charge < -0.3 is 14.7 Å². The Morgan fingerprint density at radius 2 is 2.00 bits per heavy atom. The third-order valence-electron chi connectivity index (χ3n) is 2.97. The predicted octanol–water partition coefficient (Wildman–Crippen LogP) is -1.01. The van der Waals surface area contributed by atoms with Crippen LogP contribution < -0.4 is 0 Å². The number of likely N-dealkylation sites (tertiary alicyclic amines) is 1. The second-order valence-electron chi connectivity index (χ2n) is 4.57. The molecule has 1 aliphatic heterocycles. The highest BCUT2D eigenvalue weighted by atomic mass is 16.5. The number of methoxy groups -OCH3 is 1. The van der Waals surface area contributed by atoms with Crippen molar-refractivity contribution < 1.29 is 24.2 Å². The molecule has 108 valence electrons.